The molecule has 0 aromatic carbocycles. The molecule has 0 aromatic heterocycles. The third-order valence-corrected chi connectivity index (χ3v) is 3.20. The van der Waals surface area contributed by atoms with Gasteiger partial charge < -0.3 is 9.64 Å². The molecule has 0 heterocycles. The normalized spacial score (nSPS) is 10.8. The zero-order chi connectivity index (χ0) is 14.5. The van der Waals surface area contributed by atoms with E-state index in [1.54, 1.807) is 4.90 Å². The Balaban J connectivity index is 3.37. The molecule has 0 N–H and O–H groups in total. The Labute approximate surface area is 119 Å². The zero-order valence-corrected chi connectivity index (χ0v) is 13.4. The Morgan fingerprint density at radius 3 is 2.05 bits per heavy atom. The lowest BCUT2D eigenvalue weighted by Crippen LogP contribution is -2.29. The van der Waals surface area contributed by atoms with Gasteiger partial charge in [-0.3, -0.25) is 0 Å². The maximum atomic E-state index is 11.6. The average Bonchev–Trinajstić information content (AvgIpc) is 2.38. The fourth-order valence-corrected chi connectivity index (χ4v) is 1.92. The van der Waals surface area contributed by atoms with E-state index in [0.29, 0.717) is 12.5 Å². The minimum Gasteiger partial charge on any atom is -0.449 e. The van der Waals surface area contributed by atoms with Gasteiger partial charge in [-0.15, -0.1) is 0 Å². The highest BCUT2D eigenvalue weighted by Gasteiger charge is 2.09. The Kier molecular flexibility index (Phi) is 11.8. The summed E-state index contributed by atoms with van der Waals surface area (Å²) in [5, 5.41) is 0. The third-order valence-electron chi connectivity index (χ3n) is 3.20. The van der Waals surface area contributed by atoms with E-state index in [-0.39, 0.29) is 6.09 Å². The topological polar surface area (TPSA) is 29.5 Å². The molecule has 0 aliphatic heterocycles. The number of rotatable bonds is 11. The van der Waals surface area contributed by atoms with Crippen LogP contribution in [0.3, 0.4) is 0 Å². The molecule has 0 aliphatic rings. The monoisotopic (exact) mass is 271 g/mol. The second-order valence-electron chi connectivity index (χ2n) is 5.87. The van der Waals surface area contributed by atoms with Gasteiger partial charge in [0.15, 0.2) is 0 Å². The second-order valence-corrected chi connectivity index (χ2v) is 5.87. The molecule has 0 aliphatic carbocycles. The average molecular weight is 271 g/mol. The van der Waals surface area contributed by atoms with Crippen LogP contribution >= 0.6 is 0 Å². The van der Waals surface area contributed by atoms with Crippen molar-refractivity contribution in [3.05, 3.63) is 0 Å². The number of carbonyl (C=O) groups is 1. The van der Waals surface area contributed by atoms with Crippen molar-refractivity contribution in [1.82, 2.24) is 4.90 Å². The lowest BCUT2D eigenvalue weighted by molar-refractivity contribution is 0.0994. The molecule has 0 fully saturated rings. The van der Waals surface area contributed by atoms with Crippen LogP contribution in [0, 0.1) is 5.92 Å². The van der Waals surface area contributed by atoms with Crippen LogP contribution < -0.4 is 0 Å². The second kappa shape index (κ2) is 12.3. The lowest BCUT2D eigenvalue weighted by Gasteiger charge is -2.17. The Hall–Kier alpha value is -0.730. The molecule has 0 atom stereocenters. The summed E-state index contributed by atoms with van der Waals surface area (Å²) < 4.78 is 5.17. The molecule has 0 saturated heterocycles. The molecule has 0 aromatic rings. The predicted molar refractivity (Wildman–Crippen MR) is 81.4 cm³/mol. The van der Waals surface area contributed by atoms with Crippen molar-refractivity contribution < 1.29 is 9.53 Å². The fourth-order valence-electron chi connectivity index (χ4n) is 1.92. The lowest BCUT2D eigenvalue weighted by atomic mass is 10.1. The third kappa shape index (κ3) is 12.1. The first-order valence-corrected chi connectivity index (χ1v) is 7.95. The van der Waals surface area contributed by atoms with Gasteiger partial charge in [0.1, 0.15) is 0 Å². The maximum Gasteiger partial charge on any atom is 0.409 e. The molecule has 3 nitrogen and oxygen atoms in total. The van der Waals surface area contributed by atoms with Gasteiger partial charge in [0.25, 0.3) is 0 Å². The number of amides is 1. The maximum absolute atomic E-state index is 11.6. The molecule has 114 valence electrons. The van der Waals surface area contributed by atoms with Crippen LogP contribution in [0.1, 0.15) is 72.1 Å². The summed E-state index contributed by atoms with van der Waals surface area (Å²) in [5.41, 5.74) is 0. The quantitative estimate of drug-likeness (QED) is 0.503. The summed E-state index contributed by atoms with van der Waals surface area (Å²) in [6, 6.07) is 0. The summed E-state index contributed by atoms with van der Waals surface area (Å²) in [7, 11) is 1.82. The largest absolute Gasteiger partial charge is 0.449 e. The minimum absolute atomic E-state index is 0.184. The van der Waals surface area contributed by atoms with Crippen LogP contribution in [0.25, 0.3) is 0 Å². The highest BCUT2D eigenvalue weighted by molar-refractivity contribution is 5.67. The van der Waals surface area contributed by atoms with Crippen LogP contribution in [-0.2, 0) is 4.74 Å². The Morgan fingerprint density at radius 2 is 1.53 bits per heavy atom. The van der Waals surface area contributed by atoms with Gasteiger partial charge in [-0.05, 0) is 12.3 Å². The van der Waals surface area contributed by atoms with E-state index >= 15 is 0 Å². The van der Waals surface area contributed by atoms with Gasteiger partial charge in [0.2, 0.25) is 0 Å². The number of ether oxygens (including phenoxy) is 1. The van der Waals surface area contributed by atoms with E-state index in [1.165, 1.54) is 44.9 Å². The van der Waals surface area contributed by atoms with Crippen molar-refractivity contribution in [3.63, 3.8) is 0 Å². The van der Waals surface area contributed by atoms with Gasteiger partial charge in [-0.25, -0.2) is 4.79 Å². The smallest absolute Gasteiger partial charge is 0.409 e. The van der Waals surface area contributed by atoms with Gasteiger partial charge >= 0.3 is 6.09 Å². The van der Waals surface area contributed by atoms with Crippen molar-refractivity contribution >= 4 is 6.09 Å². The van der Waals surface area contributed by atoms with E-state index in [4.69, 9.17) is 4.74 Å². The number of nitrogens with zero attached hydrogens (tertiary/aromatic N) is 1. The van der Waals surface area contributed by atoms with E-state index in [2.05, 4.69) is 6.92 Å². The van der Waals surface area contributed by atoms with Crippen LogP contribution in [0.15, 0.2) is 0 Å². The number of hydrogen-bond acceptors (Lipinski definition) is 2. The SMILES string of the molecule is CCCCCCCCCCN(C)C(=O)OCC(C)C. The Bertz CT molecular complexity index is 217. The summed E-state index contributed by atoms with van der Waals surface area (Å²) >= 11 is 0. The van der Waals surface area contributed by atoms with E-state index in [1.807, 2.05) is 20.9 Å². The molecule has 0 bridgehead atoms. The minimum atomic E-state index is -0.184. The summed E-state index contributed by atoms with van der Waals surface area (Å²) in [6.07, 6.45) is 10.2. The standard InChI is InChI=1S/C16H33NO2/c1-5-6-7-8-9-10-11-12-13-17(4)16(18)19-14-15(2)3/h15H,5-14H2,1-4H3. The van der Waals surface area contributed by atoms with Gasteiger partial charge in [0.05, 0.1) is 6.61 Å². The van der Waals surface area contributed by atoms with Gasteiger partial charge in [-0.1, -0.05) is 65.7 Å². The highest BCUT2D eigenvalue weighted by Crippen LogP contribution is 2.09. The van der Waals surface area contributed by atoms with Gasteiger partial charge in [0, 0.05) is 13.6 Å². The molecule has 0 radical (unpaired) electrons. The number of unbranched alkanes of at least 4 members (excludes halogenated alkanes) is 7. The molecular weight excluding hydrogens is 238 g/mol. The van der Waals surface area contributed by atoms with Crippen LogP contribution in [0.5, 0.6) is 0 Å². The van der Waals surface area contributed by atoms with E-state index in [9.17, 15) is 4.79 Å². The molecule has 0 unspecified atom stereocenters. The summed E-state index contributed by atoms with van der Waals surface area (Å²) in [4.78, 5) is 13.3. The van der Waals surface area contributed by atoms with E-state index < -0.39 is 0 Å². The first-order chi connectivity index (χ1) is 9.07. The highest BCUT2D eigenvalue weighted by atomic mass is 16.6. The summed E-state index contributed by atoms with van der Waals surface area (Å²) in [6.45, 7) is 7.67. The fraction of sp³-hybridized carbons (Fsp3) is 0.938. The van der Waals surface area contributed by atoms with Crippen molar-refractivity contribution in [3.8, 4) is 0 Å². The Morgan fingerprint density at radius 1 is 1.00 bits per heavy atom. The number of hydrogen-bond donors (Lipinski definition) is 0. The van der Waals surface area contributed by atoms with Gasteiger partial charge in [-0.2, -0.15) is 0 Å². The molecule has 19 heavy (non-hydrogen) atoms. The molecule has 1 amide bonds. The predicted octanol–water partition coefficient (Wildman–Crippen LogP) is 4.85. The molecule has 0 rings (SSSR count). The first-order valence-electron chi connectivity index (χ1n) is 7.95. The van der Waals surface area contributed by atoms with Crippen molar-refractivity contribution in [2.75, 3.05) is 20.2 Å². The van der Waals surface area contributed by atoms with Crippen molar-refractivity contribution in [2.24, 2.45) is 5.92 Å². The van der Waals surface area contributed by atoms with Crippen LogP contribution in [-0.4, -0.2) is 31.2 Å². The van der Waals surface area contributed by atoms with Crippen LogP contribution in [0.2, 0.25) is 0 Å². The molecular formula is C16H33NO2. The van der Waals surface area contributed by atoms with Crippen molar-refractivity contribution in [2.45, 2.75) is 72.1 Å². The summed E-state index contributed by atoms with van der Waals surface area (Å²) in [5.74, 6) is 0.403. The number of carbonyl (C=O) groups excluding carboxylic acids is 1. The first kappa shape index (κ1) is 18.3. The van der Waals surface area contributed by atoms with Crippen molar-refractivity contribution in [1.29, 1.82) is 0 Å². The molecule has 3 heteroatoms. The van der Waals surface area contributed by atoms with Crippen LogP contribution in [0.4, 0.5) is 4.79 Å². The molecule has 0 saturated carbocycles. The van der Waals surface area contributed by atoms with E-state index in [0.717, 1.165) is 13.0 Å². The zero-order valence-electron chi connectivity index (χ0n) is 13.4. The molecule has 0 spiro atoms.